The Morgan fingerprint density at radius 1 is 1.21 bits per heavy atom. The Labute approximate surface area is 117 Å². The van der Waals surface area contributed by atoms with E-state index in [0.29, 0.717) is 11.4 Å². The highest BCUT2D eigenvalue weighted by Gasteiger charge is 2.30. The van der Waals surface area contributed by atoms with E-state index in [1.165, 1.54) is 5.56 Å². The van der Waals surface area contributed by atoms with Crippen LogP contribution < -0.4 is 5.32 Å². The third-order valence-electron chi connectivity index (χ3n) is 3.49. The van der Waals surface area contributed by atoms with Crippen LogP contribution >= 0.6 is 11.6 Å². The van der Waals surface area contributed by atoms with Gasteiger partial charge in [-0.3, -0.25) is 4.79 Å². The van der Waals surface area contributed by atoms with Gasteiger partial charge < -0.3 is 5.32 Å². The largest absolute Gasteiger partial charge is 0.325 e. The first-order valence-electron chi connectivity index (χ1n) is 6.29. The molecule has 0 bridgehead atoms. The number of hydrogen-bond acceptors (Lipinski definition) is 1. The molecule has 1 aliphatic rings. The summed E-state index contributed by atoms with van der Waals surface area (Å²) in [6, 6.07) is 13.8. The van der Waals surface area contributed by atoms with Crippen molar-refractivity contribution in [3.05, 3.63) is 64.2 Å². The lowest BCUT2D eigenvalue weighted by Crippen LogP contribution is -2.14. The van der Waals surface area contributed by atoms with Gasteiger partial charge in [0.15, 0.2) is 0 Å². The molecule has 0 saturated carbocycles. The monoisotopic (exact) mass is 271 g/mol. The van der Waals surface area contributed by atoms with Gasteiger partial charge in [-0.05, 0) is 42.7 Å². The van der Waals surface area contributed by atoms with Gasteiger partial charge in [-0.25, -0.2) is 0 Å². The number of amides is 1. The smallest absolute Gasteiger partial charge is 0.232 e. The molecule has 2 nitrogen and oxygen atoms in total. The molecule has 0 spiro atoms. The van der Waals surface area contributed by atoms with Crippen molar-refractivity contribution in [1.82, 2.24) is 0 Å². The van der Waals surface area contributed by atoms with Crippen molar-refractivity contribution < 1.29 is 4.79 Å². The summed E-state index contributed by atoms with van der Waals surface area (Å²) in [4.78, 5) is 12.1. The average Bonchev–Trinajstić information content (AvgIpc) is 2.66. The van der Waals surface area contributed by atoms with E-state index < -0.39 is 0 Å². The topological polar surface area (TPSA) is 29.1 Å². The fraction of sp³-hybridized carbons (Fsp3) is 0.188. The highest BCUT2D eigenvalue weighted by Crippen LogP contribution is 2.35. The second kappa shape index (κ2) is 4.71. The van der Waals surface area contributed by atoms with Gasteiger partial charge in [-0.1, -0.05) is 41.4 Å². The molecule has 0 saturated heterocycles. The minimum absolute atomic E-state index is 0.0700. The molecule has 0 unspecified atom stereocenters. The van der Waals surface area contributed by atoms with E-state index in [4.69, 9.17) is 11.6 Å². The van der Waals surface area contributed by atoms with E-state index in [1.807, 2.05) is 43.3 Å². The first-order valence-corrected chi connectivity index (χ1v) is 6.67. The predicted octanol–water partition coefficient (Wildman–Crippen LogP) is 3.93. The van der Waals surface area contributed by atoms with Crippen LogP contribution in [0, 0.1) is 6.92 Å². The molecule has 0 aromatic heterocycles. The number of hydrogen-bond donors (Lipinski definition) is 1. The molecule has 0 fully saturated rings. The number of carbonyl (C=O) groups is 1. The Bertz CT molecular complexity index is 651. The number of nitrogens with one attached hydrogen (secondary N) is 1. The van der Waals surface area contributed by atoms with Gasteiger partial charge in [-0.15, -0.1) is 0 Å². The number of anilines is 1. The fourth-order valence-corrected chi connectivity index (χ4v) is 2.76. The minimum atomic E-state index is -0.117. The molecule has 3 heteroatoms. The molecule has 0 radical (unpaired) electrons. The predicted molar refractivity (Wildman–Crippen MR) is 77.7 cm³/mol. The maximum atomic E-state index is 12.1. The Morgan fingerprint density at radius 3 is 2.84 bits per heavy atom. The van der Waals surface area contributed by atoms with Crippen LogP contribution in [0.3, 0.4) is 0 Å². The fourth-order valence-electron chi connectivity index (χ4n) is 2.55. The second-order valence-corrected chi connectivity index (χ2v) is 5.40. The second-order valence-electron chi connectivity index (χ2n) is 4.97. The molecular formula is C16H14ClNO. The molecule has 2 aromatic carbocycles. The quantitative estimate of drug-likeness (QED) is 0.881. The summed E-state index contributed by atoms with van der Waals surface area (Å²) < 4.78 is 0. The lowest BCUT2D eigenvalue weighted by Gasteiger charge is -2.09. The summed E-state index contributed by atoms with van der Waals surface area (Å²) >= 11 is 5.99. The van der Waals surface area contributed by atoms with Crippen LogP contribution in [0.15, 0.2) is 42.5 Å². The van der Waals surface area contributed by atoms with Crippen molar-refractivity contribution in [3.63, 3.8) is 0 Å². The van der Waals surface area contributed by atoms with Crippen molar-refractivity contribution in [3.8, 4) is 0 Å². The van der Waals surface area contributed by atoms with E-state index in [0.717, 1.165) is 16.8 Å². The Morgan fingerprint density at radius 2 is 2.05 bits per heavy atom. The zero-order valence-corrected chi connectivity index (χ0v) is 11.4. The van der Waals surface area contributed by atoms with Gasteiger partial charge in [0.25, 0.3) is 0 Å². The highest BCUT2D eigenvalue weighted by atomic mass is 35.5. The van der Waals surface area contributed by atoms with E-state index in [9.17, 15) is 4.79 Å². The van der Waals surface area contributed by atoms with Crippen LogP contribution in [0.2, 0.25) is 5.02 Å². The lowest BCUT2D eigenvalue weighted by molar-refractivity contribution is -0.117. The van der Waals surface area contributed by atoms with Crippen LogP contribution in [0.4, 0.5) is 5.69 Å². The van der Waals surface area contributed by atoms with Gasteiger partial charge in [-0.2, -0.15) is 0 Å². The third kappa shape index (κ3) is 2.36. The van der Waals surface area contributed by atoms with Crippen molar-refractivity contribution in [2.45, 2.75) is 19.3 Å². The lowest BCUT2D eigenvalue weighted by atomic mass is 9.92. The number of fused-ring (bicyclic) bond motifs is 1. The van der Waals surface area contributed by atoms with Gasteiger partial charge in [0, 0.05) is 10.7 Å². The van der Waals surface area contributed by atoms with Crippen molar-refractivity contribution >= 4 is 23.2 Å². The summed E-state index contributed by atoms with van der Waals surface area (Å²) in [7, 11) is 0. The molecule has 3 rings (SSSR count). The molecule has 19 heavy (non-hydrogen) atoms. The minimum Gasteiger partial charge on any atom is -0.325 e. The van der Waals surface area contributed by atoms with E-state index in [2.05, 4.69) is 11.4 Å². The summed E-state index contributed by atoms with van der Waals surface area (Å²) in [6.07, 6.45) is 0.683. The van der Waals surface area contributed by atoms with Crippen LogP contribution in [-0.4, -0.2) is 5.91 Å². The van der Waals surface area contributed by atoms with Crippen molar-refractivity contribution in [2.75, 3.05) is 5.32 Å². The molecule has 1 amide bonds. The van der Waals surface area contributed by atoms with Crippen LogP contribution in [0.25, 0.3) is 0 Å². The molecule has 1 atom stereocenters. The SMILES string of the molecule is Cc1ccc2c(c1)[C@@H](Cc1cccc(Cl)c1)C(=O)N2. The number of halogens is 1. The first-order chi connectivity index (χ1) is 9.13. The molecule has 1 N–H and O–H groups in total. The maximum absolute atomic E-state index is 12.1. The van der Waals surface area contributed by atoms with Gasteiger partial charge in [0.2, 0.25) is 5.91 Å². The number of benzene rings is 2. The Kier molecular flexibility index (Phi) is 3.03. The zero-order valence-electron chi connectivity index (χ0n) is 10.6. The van der Waals surface area contributed by atoms with Crippen molar-refractivity contribution in [1.29, 1.82) is 0 Å². The molecule has 2 aromatic rings. The number of carbonyl (C=O) groups excluding carboxylic acids is 1. The van der Waals surface area contributed by atoms with E-state index in [-0.39, 0.29) is 11.8 Å². The Hall–Kier alpha value is -1.80. The summed E-state index contributed by atoms with van der Waals surface area (Å²) in [6.45, 7) is 2.04. The van der Waals surface area contributed by atoms with E-state index in [1.54, 1.807) is 0 Å². The summed E-state index contributed by atoms with van der Waals surface area (Å²) in [5.74, 6) is -0.0473. The molecule has 96 valence electrons. The summed E-state index contributed by atoms with van der Waals surface area (Å²) in [5.41, 5.74) is 4.28. The van der Waals surface area contributed by atoms with Crippen molar-refractivity contribution in [2.24, 2.45) is 0 Å². The number of aryl methyl sites for hydroxylation is 1. The first kappa shape index (κ1) is 12.2. The molecule has 1 heterocycles. The van der Waals surface area contributed by atoms with E-state index >= 15 is 0 Å². The van der Waals surface area contributed by atoms with Gasteiger partial charge in [0.05, 0.1) is 5.92 Å². The van der Waals surface area contributed by atoms with Crippen LogP contribution in [0.5, 0.6) is 0 Å². The zero-order chi connectivity index (χ0) is 13.4. The normalized spacial score (nSPS) is 17.2. The highest BCUT2D eigenvalue weighted by molar-refractivity contribution is 6.30. The maximum Gasteiger partial charge on any atom is 0.232 e. The molecular weight excluding hydrogens is 258 g/mol. The molecule has 0 aliphatic carbocycles. The van der Waals surface area contributed by atoms with Crippen LogP contribution in [-0.2, 0) is 11.2 Å². The van der Waals surface area contributed by atoms with Gasteiger partial charge in [0.1, 0.15) is 0 Å². The molecule has 1 aliphatic heterocycles. The summed E-state index contributed by atoms with van der Waals surface area (Å²) in [5, 5.41) is 3.65. The van der Waals surface area contributed by atoms with Gasteiger partial charge >= 0.3 is 0 Å². The van der Waals surface area contributed by atoms with Crippen LogP contribution in [0.1, 0.15) is 22.6 Å². The Balaban J connectivity index is 1.94. The standard InChI is InChI=1S/C16H14ClNO/c1-10-5-6-15-13(7-10)14(16(19)18-15)9-11-3-2-4-12(17)8-11/h2-8,14H,9H2,1H3,(H,18,19)/t14-/m1/s1. The number of rotatable bonds is 2. The average molecular weight is 272 g/mol. The third-order valence-corrected chi connectivity index (χ3v) is 3.72.